The zero-order valence-electron chi connectivity index (χ0n) is 22.7. The number of anilines is 2. The molecule has 0 radical (unpaired) electrons. The number of ether oxygens (including phenoxy) is 1. The minimum atomic E-state index is -0.537. The van der Waals surface area contributed by atoms with Crippen LogP contribution in [0.5, 0.6) is 0 Å². The predicted octanol–water partition coefficient (Wildman–Crippen LogP) is 6.31. The van der Waals surface area contributed by atoms with Crippen LogP contribution in [-0.4, -0.2) is 46.6 Å². The topological polar surface area (TPSA) is 105 Å². The summed E-state index contributed by atoms with van der Waals surface area (Å²) < 4.78 is 5.51. The van der Waals surface area contributed by atoms with Gasteiger partial charge in [-0.2, -0.15) is 0 Å². The van der Waals surface area contributed by atoms with E-state index in [0.29, 0.717) is 32.4 Å². The highest BCUT2D eigenvalue weighted by molar-refractivity contribution is 5.96. The monoisotopic (exact) mass is 520 g/mol. The second kappa shape index (κ2) is 10.8. The lowest BCUT2D eigenvalue weighted by atomic mass is 9.88. The van der Waals surface area contributed by atoms with Crippen LogP contribution in [0.3, 0.4) is 0 Å². The highest BCUT2D eigenvalue weighted by Gasteiger charge is 2.34. The van der Waals surface area contributed by atoms with Gasteiger partial charge in [-0.1, -0.05) is 25.1 Å². The highest BCUT2D eigenvalue weighted by Crippen LogP contribution is 2.41. The zero-order valence-corrected chi connectivity index (χ0v) is 22.7. The van der Waals surface area contributed by atoms with Crippen LogP contribution in [0.25, 0.3) is 5.57 Å². The van der Waals surface area contributed by atoms with Crippen molar-refractivity contribution in [2.45, 2.75) is 71.6 Å². The van der Waals surface area contributed by atoms with Gasteiger partial charge in [-0.05, 0) is 75.4 Å². The van der Waals surface area contributed by atoms with Crippen molar-refractivity contribution in [1.29, 1.82) is 0 Å². The lowest BCUT2D eigenvalue weighted by molar-refractivity contribution is -0.384. The number of hydrogen-bond acceptors (Lipinski definition) is 6. The zero-order chi connectivity index (χ0) is 27.6. The Morgan fingerprint density at radius 1 is 1.16 bits per heavy atom. The molecular formula is C29H36N4O5. The Morgan fingerprint density at radius 3 is 2.45 bits per heavy atom. The number of rotatable bonds is 5. The van der Waals surface area contributed by atoms with Crippen molar-refractivity contribution in [3.8, 4) is 0 Å². The molecule has 2 atom stereocenters. The molecule has 202 valence electrons. The summed E-state index contributed by atoms with van der Waals surface area (Å²) in [6.45, 7) is 10.5. The summed E-state index contributed by atoms with van der Waals surface area (Å²) in [6, 6.07) is 12.5. The largest absolute Gasteiger partial charge is 0.444 e. The molecule has 0 fully saturated rings. The molecule has 4 rings (SSSR count). The van der Waals surface area contributed by atoms with Crippen LogP contribution >= 0.6 is 0 Å². The molecule has 2 aliphatic heterocycles. The number of carbonyl (C=O) groups excluding carboxylic acids is 2. The Kier molecular flexibility index (Phi) is 7.76. The fourth-order valence-electron chi connectivity index (χ4n) is 5.05. The molecule has 0 unspecified atom stereocenters. The van der Waals surface area contributed by atoms with E-state index in [1.807, 2.05) is 39.5 Å². The lowest BCUT2D eigenvalue weighted by Gasteiger charge is -2.40. The molecule has 9 heteroatoms. The number of hydrogen-bond donors (Lipinski definition) is 1. The van der Waals surface area contributed by atoms with Crippen molar-refractivity contribution >= 4 is 34.6 Å². The first kappa shape index (κ1) is 27.2. The number of carbonyl (C=O) groups is 2. The number of benzene rings is 2. The first-order chi connectivity index (χ1) is 18.0. The van der Waals surface area contributed by atoms with Crippen molar-refractivity contribution in [2.75, 3.05) is 23.3 Å². The van der Waals surface area contributed by atoms with Gasteiger partial charge in [-0.15, -0.1) is 0 Å². The number of nitro benzene ring substituents is 1. The summed E-state index contributed by atoms with van der Waals surface area (Å²) in [7, 11) is 0. The molecule has 0 aromatic heterocycles. The van der Waals surface area contributed by atoms with E-state index in [4.69, 9.17) is 4.74 Å². The number of non-ortho nitro benzene ring substituents is 1. The molecule has 1 N–H and O–H groups in total. The first-order valence-electron chi connectivity index (χ1n) is 13.1. The summed E-state index contributed by atoms with van der Waals surface area (Å²) in [4.78, 5) is 39.7. The molecule has 38 heavy (non-hydrogen) atoms. The van der Waals surface area contributed by atoms with E-state index in [2.05, 4.69) is 29.6 Å². The van der Waals surface area contributed by atoms with Gasteiger partial charge in [0.25, 0.3) is 5.69 Å². The molecule has 0 spiro atoms. The molecule has 0 saturated carbocycles. The van der Waals surface area contributed by atoms with Crippen LogP contribution in [-0.2, 0) is 9.53 Å². The lowest BCUT2D eigenvalue weighted by Crippen LogP contribution is -2.44. The second-order valence-corrected chi connectivity index (χ2v) is 10.9. The summed E-state index contributed by atoms with van der Waals surface area (Å²) in [5, 5.41) is 14.5. The molecule has 2 aromatic carbocycles. The quantitative estimate of drug-likeness (QED) is 0.366. The predicted molar refractivity (Wildman–Crippen MR) is 148 cm³/mol. The van der Waals surface area contributed by atoms with Crippen molar-refractivity contribution in [3.05, 3.63) is 69.8 Å². The van der Waals surface area contributed by atoms with Crippen LogP contribution in [0, 0.1) is 10.1 Å². The molecule has 9 nitrogen and oxygen atoms in total. The minimum absolute atomic E-state index is 0.0243. The number of amides is 2. The van der Waals surface area contributed by atoms with E-state index >= 15 is 0 Å². The number of nitrogens with zero attached hydrogens (tertiary/aromatic N) is 3. The molecular weight excluding hydrogens is 484 g/mol. The van der Waals surface area contributed by atoms with E-state index in [0.717, 1.165) is 28.1 Å². The van der Waals surface area contributed by atoms with Gasteiger partial charge in [0.05, 0.1) is 11.0 Å². The SMILES string of the molecule is CCC(=O)N1c2cc(C3=CCN(C(=O)OC(C)(C)C)CC3)ccc2[C@H](Nc2ccc([N+](=O)[O-])cc2)C[C@@H]1C. The maximum Gasteiger partial charge on any atom is 0.410 e. The van der Waals surface area contributed by atoms with Gasteiger partial charge >= 0.3 is 6.09 Å². The third-order valence-electron chi connectivity index (χ3n) is 6.90. The summed E-state index contributed by atoms with van der Waals surface area (Å²) in [5.41, 5.74) is 4.35. The number of nitrogens with one attached hydrogen (secondary N) is 1. The Labute approximate surface area is 223 Å². The van der Waals surface area contributed by atoms with Crippen LogP contribution in [0.4, 0.5) is 21.9 Å². The maximum atomic E-state index is 13.0. The fraction of sp³-hybridized carbons (Fsp3) is 0.448. The normalized spacial score (nSPS) is 19.3. The fourth-order valence-corrected chi connectivity index (χ4v) is 5.05. The average Bonchev–Trinajstić information content (AvgIpc) is 2.87. The van der Waals surface area contributed by atoms with Gasteiger partial charge in [-0.25, -0.2) is 4.79 Å². The Balaban J connectivity index is 1.61. The van der Waals surface area contributed by atoms with Crippen molar-refractivity contribution < 1.29 is 19.2 Å². The van der Waals surface area contributed by atoms with E-state index in [1.165, 1.54) is 12.1 Å². The van der Waals surface area contributed by atoms with Gasteiger partial charge in [0, 0.05) is 49.1 Å². The molecule has 0 saturated heterocycles. The van der Waals surface area contributed by atoms with Crippen molar-refractivity contribution in [1.82, 2.24) is 4.90 Å². The Bertz CT molecular complexity index is 1250. The average molecular weight is 521 g/mol. The molecule has 0 bridgehead atoms. The standard InChI is InChI=1S/C29H36N4O5/c1-6-27(34)32-19(2)17-25(30-22-8-10-23(11-9-22)33(36)37)24-12-7-21(18-26(24)32)20-13-15-31(16-14-20)28(35)38-29(3,4)5/h7-13,18-19,25,30H,6,14-17H2,1-5H3/t19-,25+/m0/s1. The van der Waals surface area contributed by atoms with E-state index in [9.17, 15) is 19.7 Å². The van der Waals surface area contributed by atoms with Gasteiger partial charge < -0.3 is 19.9 Å². The van der Waals surface area contributed by atoms with Crippen LogP contribution in [0.1, 0.15) is 71.0 Å². The Hall–Kier alpha value is -3.88. The molecule has 2 heterocycles. The number of fused-ring (bicyclic) bond motifs is 1. The van der Waals surface area contributed by atoms with E-state index in [-0.39, 0.29) is 29.8 Å². The first-order valence-corrected chi connectivity index (χ1v) is 13.1. The maximum absolute atomic E-state index is 13.0. The van der Waals surface area contributed by atoms with Crippen LogP contribution in [0.2, 0.25) is 0 Å². The molecule has 2 amide bonds. The third-order valence-corrected chi connectivity index (χ3v) is 6.90. The smallest absolute Gasteiger partial charge is 0.410 e. The van der Waals surface area contributed by atoms with E-state index < -0.39 is 10.5 Å². The molecule has 2 aromatic rings. The van der Waals surface area contributed by atoms with Gasteiger partial charge in [-0.3, -0.25) is 14.9 Å². The second-order valence-electron chi connectivity index (χ2n) is 10.9. The minimum Gasteiger partial charge on any atom is -0.444 e. The summed E-state index contributed by atoms with van der Waals surface area (Å²) in [6.07, 6.45) is 3.55. The van der Waals surface area contributed by atoms with Crippen LogP contribution in [0.15, 0.2) is 48.5 Å². The van der Waals surface area contributed by atoms with E-state index in [1.54, 1.807) is 17.0 Å². The third kappa shape index (κ3) is 5.98. The summed E-state index contributed by atoms with van der Waals surface area (Å²) in [5.74, 6) is 0.0680. The van der Waals surface area contributed by atoms with Crippen LogP contribution < -0.4 is 10.2 Å². The van der Waals surface area contributed by atoms with Gasteiger partial charge in [0.15, 0.2) is 0 Å². The molecule has 2 aliphatic rings. The summed E-state index contributed by atoms with van der Waals surface area (Å²) >= 11 is 0. The Morgan fingerprint density at radius 2 is 1.87 bits per heavy atom. The van der Waals surface area contributed by atoms with Crippen molar-refractivity contribution in [2.24, 2.45) is 0 Å². The highest BCUT2D eigenvalue weighted by atomic mass is 16.6. The van der Waals surface area contributed by atoms with Gasteiger partial charge in [0.2, 0.25) is 5.91 Å². The van der Waals surface area contributed by atoms with Crippen molar-refractivity contribution in [3.63, 3.8) is 0 Å². The molecule has 0 aliphatic carbocycles. The van der Waals surface area contributed by atoms with Gasteiger partial charge in [0.1, 0.15) is 5.60 Å². The number of nitro groups is 1.